The summed E-state index contributed by atoms with van der Waals surface area (Å²) >= 11 is 0. The molecule has 10 heteroatoms. The maximum absolute atomic E-state index is 12.6. The highest BCUT2D eigenvalue weighted by atomic mass is 19.4. The van der Waals surface area contributed by atoms with Gasteiger partial charge < -0.3 is 19.9 Å². The number of carboxylic acids is 1. The Balaban J connectivity index is 0.000000279. The summed E-state index contributed by atoms with van der Waals surface area (Å²) in [6.07, 6.45) is -1.06. The first-order chi connectivity index (χ1) is 13.3. The molecule has 150 valence electrons. The lowest BCUT2D eigenvalue weighted by Crippen LogP contribution is -2.49. The lowest BCUT2D eigenvalue weighted by atomic mass is 10.2. The third-order valence-electron chi connectivity index (χ3n) is 4.51. The van der Waals surface area contributed by atoms with Crippen molar-refractivity contribution in [2.45, 2.75) is 12.2 Å². The van der Waals surface area contributed by atoms with Crippen LogP contribution in [0.3, 0.4) is 0 Å². The van der Waals surface area contributed by atoms with Crippen LogP contribution in [0.2, 0.25) is 0 Å². The van der Waals surface area contributed by atoms with E-state index in [0.29, 0.717) is 6.04 Å². The number of nitrogens with one attached hydrogen (secondary N) is 1. The third-order valence-corrected chi connectivity index (χ3v) is 4.51. The molecule has 2 saturated heterocycles. The van der Waals surface area contributed by atoms with Crippen LogP contribution in [0.25, 0.3) is 5.69 Å². The average Bonchev–Trinajstić information content (AvgIpc) is 3.31. The number of carboxylic acid groups (broad SMARTS) is 1. The predicted octanol–water partition coefficient (Wildman–Crippen LogP) is 2.32. The number of carbonyl (C=O) groups is 2. The number of halogens is 3. The normalized spacial score (nSPS) is 19.1. The van der Waals surface area contributed by atoms with E-state index in [4.69, 9.17) is 9.90 Å². The zero-order chi connectivity index (χ0) is 20.3. The van der Waals surface area contributed by atoms with Crippen molar-refractivity contribution in [1.29, 1.82) is 0 Å². The zero-order valence-electron chi connectivity index (χ0n) is 14.8. The number of aromatic nitrogens is 1. The molecule has 2 aliphatic rings. The van der Waals surface area contributed by atoms with Crippen LogP contribution in [-0.2, 0) is 4.79 Å². The number of carbonyl (C=O) groups excluding carboxylic acids is 1. The van der Waals surface area contributed by atoms with Gasteiger partial charge in [0, 0.05) is 49.9 Å². The van der Waals surface area contributed by atoms with E-state index >= 15 is 0 Å². The zero-order valence-corrected chi connectivity index (χ0v) is 14.8. The Labute approximate surface area is 159 Å². The Morgan fingerprint density at radius 2 is 1.79 bits per heavy atom. The Bertz CT molecular complexity index is 839. The van der Waals surface area contributed by atoms with Gasteiger partial charge in [-0.1, -0.05) is 6.07 Å². The number of fused-ring (bicyclic) bond motifs is 1. The summed E-state index contributed by atoms with van der Waals surface area (Å²) < 4.78 is 33.8. The van der Waals surface area contributed by atoms with Gasteiger partial charge in [0.2, 0.25) is 0 Å². The van der Waals surface area contributed by atoms with E-state index in [1.807, 2.05) is 46.5 Å². The van der Waals surface area contributed by atoms with E-state index in [-0.39, 0.29) is 6.03 Å². The summed E-state index contributed by atoms with van der Waals surface area (Å²) in [5, 5.41) is 10.5. The van der Waals surface area contributed by atoms with Crippen LogP contribution in [0.5, 0.6) is 0 Å². The fourth-order valence-corrected chi connectivity index (χ4v) is 3.16. The highest BCUT2D eigenvalue weighted by molar-refractivity contribution is 5.95. The second-order valence-corrected chi connectivity index (χ2v) is 6.36. The smallest absolute Gasteiger partial charge is 0.475 e. The standard InChI is InChI=1S/C16H18N4O.C2HF3O2/c21-16-19-9-6-17-11-15(19)12-20(16)14-5-3-4-13(10-14)18-7-1-2-8-18;3-2(4,5)1(6)7/h1-5,7-8,10,15,17H,6,9,11-12H2;(H,6,7). The van der Waals surface area contributed by atoms with Crippen molar-refractivity contribution in [2.24, 2.45) is 0 Å². The number of benzene rings is 1. The van der Waals surface area contributed by atoms with Gasteiger partial charge in [0.25, 0.3) is 0 Å². The molecule has 0 saturated carbocycles. The average molecular weight is 396 g/mol. The van der Waals surface area contributed by atoms with E-state index in [1.54, 1.807) is 0 Å². The molecule has 3 heterocycles. The maximum Gasteiger partial charge on any atom is 0.490 e. The van der Waals surface area contributed by atoms with Crippen molar-refractivity contribution < 1.29 is 27.9 Å². The number of rotatable bonds is 2. The van der Waals surface area contributed by atoms with Gasteiger partial charge in [0.05, 0.1) is 6.04 Å². The van der Waals surface area contributed by atoms with Crippen LogP contribution in [0.1, 0.15) is 0 Å². The van der Waals surface area contributed by atoms with E-state index < -0.39 is 12.1 Å². The minimum Gasteiger partial charge on any atom is -0.475 e. The number of urea groups is 1. The minimum atomic E-state index is -5.08. The molecule has 7 nitrogen and oxygen atoms in total. The Hall–Kier alpha value is -3.01. The molecule has 0 radical (unpaired) electrons. The van der Waals surface area contributed by atoms with Gasteiger partial charge in [0.15, 0.2) is 0 Å². The molecule has 1 aromatic heterocycles. The number of amides is 2. The van der Waals surface area contributed by atoms with Crippen molar-refractivity contribution in [3.63, 3.8) is 0 Å². The number of alkyl halides is 3. The van der Waals surface area contributed by atoms with E-state index in [9.17, 15) is 18.0 Å². The van der Waals surface area contributed by atoms with Crippen LogP contribution in [0.4, 0.5) is 23.7 Å². The fourth-order valence-electron chi connectivity index (χ4n) is 3.16. The van der Waals surface area contributed by atoms with Gasteiger partial charge in [-0.2, -0.15) is 13.2 Å². The van der Waals surface area contributed by atoms with Crippen LogP contribution in [0, 0.1) is 0 Å². The number of anilines is 1. The van der Waals surface area contributed by atoms with E-state index in [2.05, 4.69) is 22.0 Å². The number of hydrogen-bond donors (Lipinski definition) is 2. The molecule has 1 unspecified atom stereocenters. The quantitative estimate of drug-likeness (QED) is 0.817. The van der Waals surface area contributed by atoms with Gasteiger partial charge in [-0.05, 0) is 30.3 Å². The fraction of sp³-hybridized carbons (Fsp3) is 0.333. The summed E-state index contributed by atoms with van der Waals surface area (Å²) in [6.45, 7) is 3.34. The topological polar surface area (TPSA) is 77.8 Å². The van der Waals surface area contributed by atoms with Gasteiger partial charge in [-0.15, -0.1) is 0 Å². The summed E-state index contributed by atoms with van der Waals surface area (Å²) in [6, 6.07) is 12.6. The van der Waals surface area contributed by atoms with Crippen molar-refractivity contribution in [3.8, 4) is 5.69 Å². The number of hydrogen-bond acceptors (Lipinski definition) is 3. The summed E-state index contributed by atoms with van der Waals surface area (Å²) in [4.78, 5) is 25.3. The largest absolute Gasteiger partial charge is 0.490 e. The first kappa shape index (κ1) is 19.7. The number of piperazine rings is 1. The Morgan fingerprint density at radius 1 is 1.14 bits per heavy atom. The van der Waals surface area contributed by atoms with Crippen molar-refractivity contribution in [1.82, 2.24) is 14.8 Å². The number of nitrogens with zero attached hydrogens (tertiary/aromatic N) is 3. The molecule has 2 N–H and O–H groups in total. The van der Waals surface area contributed by atoms with Crippen molar-refractivity contribution in [2.75, 3.05) is 31.1 Å². The third kappa shape index (κ3) is 4.28. The molecule has 2 amide bonds. The van der Waals surface area contributed by atoms with E-state index in [1.165, 1.54) is 0 Å². The molecule has 28 heavy (non-hydrogen) atoms. The second-order valence-electron chi connectivity index (χ2n) is 6.36. The van der Waals surface area contributed by atoms with Crippen LogP contribution < -0.4 is 10.2 Å². The highest BCUT2D eigenvalue weighted by Gasteiger charge is 2.39. The second kappa shape index (κ2) is 7.93. The van der Waals surface area contributed by atoms with E-state index in [0.717, 1.165) is 37.6 Å². The van der Waals surface area contributed by atoms with Gasteiger partial charge in [-0.25, -0.2) is 9.59 Å². The summed E-state index contributed by atoms with van der Waals surface area (Å²) in [7, 11) is 0. The molecule has 0 bridgehead atoms. The summed E-state index contributed by atoms with van der Waals surface area (Å²) in [5.74, 6) is -2.76. The molecule has 0 spiro atoms. The lowest BCUT2D eigenvalue weighted by molar-refractivity contribution is -0.192. The first-order valence-electron chi connectivity index (χ1n) is 8.60. The van der Waals surface area contributed by atoms with Crippen LogP contribution in [0.15, 0.2) is 48.8 Å². The molecule has 0 aliphatic carbocycles. The monoisotopic (exact) mass is 396 g/mol. The number of aliphatic carboxylic acids is 1. The molecular formula is C18H19F3N4O3. The van der Waals surface area contributed by atoms with Crippen molar-refractivity contribution >= 4 is 17.7 Å². The lowest BCUT2D eigenvalue weighted by Gasteiger charge is -2.28. The Kier molecular flexibility index (Phi) is 5.59. The van der Waals surface area contributed by atoms with Crippen molar-refractivity contribution in [3.05, 3.63) is 48.8 Å². The molecule has 4 rings (SSSR count). The molecule has 1 atom stereocenters. The van der Waals surface area contributed by atoms with Gasteiger partial charge in [0.1, 0.15) is 0 Å². The summed E-state index contributed by atoms with van der Waals surface area (Å²) in [5.41, 5.74) is 2.05. The Morgan fingerprint density at radius 3 is 2.39 bits per heavy atom. The highest BCUT2D eigenvalue weighted by Crippen LogP contribution is 2.26. The van der Waals surface area contributed by atoms with Crippen LogP contribution in [-0.4, -0.2) is 65.0 Å². The van der Waals surface area contributed by atoms with Crippen LogP contribution >= 0.6 is 0 Å². The predicted molar refractivity (Wildman–Crippen MR) is 95.6 cm³/mol. The van der Waals surface area contributed by atoms with Gasteiger partial charge in [-0.3, -0.25) is 4.90 Å². The molecule has 1 aromatic carbocycles. The maximum atomic E-state index is 12.6. The molecular weight excluding hydrogens is 377 g/mol. The van der Waals surface area contributed by atoms with Gasteiger partial charge >= 0.3 is 18.2 Å². The SMILES string of the molecule is O=C(O)C(F)(F)F.O=C1N(c2cccc(-n3cccc3)c2)CC2CNCCN12. The minimum absolute atomic E-state index is 0.131. The first-order valence-corrected chi connectivity index (χ1v) is 8.60. The molecule has 2 aromatic rings. The molecule has 2 fully saturated rings. The molecule has 2 aliphatic heterocycles.